The molecule has 1 aliphatic carbocycles. The van der Waals surface area contributed by atoms with E-state index in [0.29, 0.717) is 12.1 Å². The molecule has 0 aromatic carbocycles. The van der Waals surface area contributed by atoms with E-state index >= 15 is 0 Å². The third kappa shape index (κ3) is 3.76. The zero-order chi connectivity index (χ0) is 11.3. The van der Waals surface area contributed by atoms with Gasteiger partial charge >= 0.3 is 0 Å². The van der Waals surface area contributed by atoms with Crippen LogP contribution >= 0.6 is 0 Å². The second-order valence-electron chi connectivity index (χ2n) is 5.10. The van der Waals surface area contributed by atoms with Crippen LogP contribution in [0.2, 0.25) is 0 Å². The van der Waals surface area contributed by atoms with Crippen LogP contribution in [-0.2, 0) is 4.74 Å². The van der Waals surface area contributed by atoms with Crippen LogP contribution in [0.3, 0.4) is 0 Å². The quantitative estimate of drug-likeness (QED) is 0.758. The maximum Gasteiger partial charge on any atom is 0.0615 e. The zero-order valence-electron chi connectivity index (χ0n) is 10.8. The van der Waals surface area contributed by atoms with Gasteiger partial charge < -0.3 is 10.1 Å². The Labute approximate surface area is 94.8 Å². The van der Waals surface area contributed by atoms with Gasteiger partial charge in [-0.05, 0) is 24.7 Å². The Balaban J connectivity index is 2.40. The van der Waals surface area contributed by atoms with Crippen LogP contribution in [0.1, 0.15) is 46.5 Å². The number of nitrogens with one attached hydrogen (secondary N) is 1. The predicted molar refractivity (Wildman–Crippen MR) is 65.1 cm³/mol. The highest BCUT2D eigenvalue weighted by molar-refractivity contribution is 4.84. The molecule has 0 saturated heterocycles. The van der Waals surface area contributed by atoms with Gasteiger partial charge in [0.15, 0.2) is 0 Å². The minimum atomic E-state index is 0.535. The number of hydrogen-bond donors (Lipinski definition) is 1. The Kier molecular flexibility index (Phi) is 5.62. The van der Waals surface area contributed by atoms with Crippen molar-refractivity contribution in [2.24, 2.45) is 11.8 Å². The number of rotatable bonds is 5. The molecule has 2 nitrogen and oxygen atoms in total. The summed E-state index contributed by atoms with van der Waals surface area (Å²) in [4.78, 5) is 0. The SMILES string of the molecule is CCC(COC)NC1CCCC(C)C1C. The molecule has 2 heteroatoms. The summed E-state index contributed by atoms with van der Waals surface area (Å²) in [6.07, 6.45) is 5.28. The van der Waals surface area contributed by atoms with Crippen LogP contribution in [0, 0.1) is 11.8 Å². The van der Waals surface area contributed by atoms with Crippen LogP contribution in [0.5, 0.6) is 0 Å². The van der Waals surface area contributed by atoms with Crippen LogP contribution in [0.15, 0.2) is 0 Å². The Morgan fingerprint density at radius 1 is 1.33 bits per heavy atom. The van der Waals surface area contributed by atoms with Crippen molar-refractivity contribution in [1.82, 2.24) is 5.32 Å². The molecule has 1 rings (SSSR count). The van der Waals surface area contributed by atoms with Crippen LogP contribution in [-0.4, -0.2) is 25.8 Å². The second-order valence-corrected chi connectivity index (χ2v) is 5.10. The Morgan fingerprint density at radius 2 is 2.07 bits per heavy atom. The van der Waals surface area contributed by atoms with Crippen molar-refractivity contribution in [3.8, 4) is 0 Å². The molecule has 1 saturated carbocycles. The molecule has 0 heterocycles. The molecule has 0 bridgehead atoms. The molecule has 15 heavy (non-hydrogen) atoms. The van der Waals surface area contributed by atoms with Gasteiger partial charge in [0.05, 0.1) is 6.61 Å². The molecule has 90 valence electrons. The molecular weight excluding hydrogens is 186 g/mol. The highest BCUT2D eigenvalue weighted by Crippen LogP contribution is 2.29. The van der Waals surface area contributed by atoms with Crippen molar-refractivity contribution in [2.45, 2.75) is 58.5 Å². The van der Waals surface area contributed by atoms with E-state index in [2.05, 4.69) is 26.1 Å². The highest BCUT2D eigenvalue weighted by atomic mass is 16.5. The fraction of sp³-hybridized carbons (Fsp3) is 1.00. The third-order valence-electron chi connectivity index (χ3n) is 4.02. The first kappa shape index (κ1) is 13.0. The van der Waals surface area contributed by atoms with Crippen molar-refractivity contribution >= 4 is 0 Å². The van der Waals surface area contributed by atoms with Gasteiger partial charge in [-0.2, -0.15) is 0 Å². The summed E-state index contributed by atoms with van der Waals surface area (Å²) in [5, 5.41) is 3.76. The van der Waals surface area contributed by atoms with Crippen molar-refractivity contribution < 1.29 is 4.74 Å². The Bertz CT molecular complexity index is 172. The summed E-state index contributed by atoms with van der Waals surface area (Å²) in [5.74, 6) is 1.68. The van der Waals surface area contributed by atoms with Gasteiger partial charge in [0.1, 0.15) is 0 Å². The van der Waals surface area contributed by atoms with Crippen LogP contribution < -0.4 is 5.32 Å². The van der Waals surface area contributed by atoms with Gasteiger partial charge in [0.2, 0.25) is 0 Å². The van der Waals surface area contributed by atoms with E-state index in [1.54, 1.807) is 7.11 Å². The summed E-state index contributed by atoms with van der Waals surface area (Å²) in [5.41, 5.74) is 0. The maximum atomic E-state index is 5.24. The smallest absolute Gasteiger partial charge is 0.0615 e. The first-order valence-electron chi connectivity index (χ1n) is 6.44. The molecule has 0 aliphatic heterocycles. The lowest BCUT2D eigenvalue weighted by Gasteiger charge is -2.37. The molecule has 4 unspecified atom stereocenters. The van der Waals surface area contributed by atoms with Crippen LogP contribution in [0.25, 0.3) is 0 Å². The summed E-state index contributed by atoms with van der Waals surface area (Å²) >= 11 is 0. The lowest BCUT2D eigenvalue weighted by molar-refractivity contribution is 0.132. The van der Waals surface area contributed by atoms with Gasteiger partial charge in [-0.3, -0.25) is 0 Å². The van der Waals surface area contributed by atoms with Gasteiger partial charge in [0.25, 0.3) is 0 Å². The van der Waals surface area contributed by atoms with E-state index in [1.807, 2.05) is 0 Å². The summed E-state index contributed by atoms with van der Waals surface area (Å²) < 4.78 is 5.24. The lowest BCUT2D eigenvalue weighted by atomic mass is 9.78. The number of methoxy groups -OCH3 is 1. The molecule has 0 spiro atoms. The second kappa shape index (κ2) is 6.49. The van der Waals surface area contributed by atoms with Gasteiger partial charge in [0, 0.05) is 19.2 Å². The molecule has 0 aromatic heterocycles. The van der Waals surface area contributed by atoms with E-state index < -0.39 is 0 Å². The maximum absolute atomic E-state index is 5.24. The standard InChI is InChI=1S/C13H27NO/c1-5-12(9-15-4)14-13-8-6-7-10(2)11(13)3/h10-14H,5-9H2,1-4H3. The molecule has 1 N–H and O–H groups in total. The van der Waals surface area contributed by atoms with Gasteiger partial charge in [-0.15, -0.1) is 0 Å². The van der Waals surface area contributed by atoms with Crippen molar-refractivity contribution in [3.63, 3.8) is 0 Å². The van der Waals surface area contributed by atoms with E-state index in [4.69, 9.17) is 4.74 Å². The normalized spacial score (nSPS) is 34.0. The van der Waals surface area contributed by atoms with E-state index in [0.717, 1.165) is 24.9 Å². The Morgan fingerprint density at radius 3 is 2.67 bits per heavy atom. The minimum Gasteiger partial charge on any atom is -0.383 e. The fourth-order valence-corrected chi connectivity index (χ4v) is 2.60. The topological polar surface area (TPSA) is 21.3 Å². The molecule has 0 aromatic rings. The zero-order valence-corrected chi connectivity index (χ0v) is 10.8. The van der Waals surface area contributed by atoms with E-state index in [-0.39, 0.29) is 0 Å². The van der Waals surface area contributed by atoms with E-state index in [1.165, 1.54) is 19.3 Å². The Hall–Kier alpha value is -0.0800. The monoisotopic (exact) mass is 213 g/mol. The fourth-order valence-electron chi connectivity index (χ4n) is 2.60. The average Bonchev–Trinajstić information content (AvgIpc) is 2.24. The largest absolute Gasteiger partial charge is 0.383 e. The first-order chi connectivity index (χ1) is 7.19. The van der Waals surface area contributed by atoms with Gasteiger partial charge in [-0.1, -0.05) is 33.6 Å². The average molecular weight is 213 g/mol. The van der Waals surface area contributed by atoms with Crippen molar-refractivity contribution in [1.29, 1.82) is 0 Å². The predicted octanol–water partition coefficient (Wildman–Crippen LogP) is 2.83. The summed E-state index contributed by atoms with van der Waals surface area (Å²) in [6, 6.07) is 1.24. The number of ether oxygens (including phenoxy) is 1. The first-order valence-corrected chi connectivity index (χ1v) is 6.44. The molecule has 1 fully saturated rings. The molecule has 4 atom stereocenters. The minimum absolute atomic E-state index is 0.535. The number of hydrogen-bond acceptors (Lipinski definition) is 2. The summed E-state index contributed by atoms with van der Waals surface area (Å²) in [6.45, 7) is 7.85. The van der Waals surface area contributed by atoms with E-state index in [9.17, 15) is 0 Å². The molecule has 1 aliphatic rings. The van der Waals surface area contributed by atoms with Crippen molar-refractivity contribution in [3.05, 3.63) is 0 Å². The molecule has 0 radical (unpaired) electrons. The highest BCUT2D eigenvalue weighted by Gasteiger charge is 2.28. The summed E-state index contributed by atoms with van der Waals surface area (Å²) in [7, 11) is 1.79. The molecule has 0 amide bonds. The van der Waals surface area contributed by atoms with Crippen molar-refractivity contribution in [2.75, 3.05) is 13.7 Å². The van der Waals surface area contributed by atoms with Crippen LogP contribution in [0.4, 0.5) is 0 Å². The lowest BCUT2D eigenvalue weighted by Crippen LogP contribution is -2.47. The van der Waals surface area contributed by atoms with Gasteiger partial charge in [-0.25, -0.2) is 0 Å². The third-order valence-corrected chi connectivity index (χ3v) is 4.02. The molecular formula is C13H27NO.